The lowest BCUT2D eigenvalue weighted by Crippen LogP contribution is -2.36. The second-order valence-electron chi connectivity index (χ2n) is 4.49. The number of ether oxygens (including phenoxy) is 1. The van der Waals surface area contributed by atoms with E-state index >= 15 is 0 Å². The van der Waals surface area contributed by atoms with Crippen molar-refractivity contribution >= 4 is 17.3 Å². The number of benzene rings is 1. The lowest BCUT2D eigenvalue weighted by atomic mass is 10.2. The minimum atomic E-state index is -0.437. The van der Waals surface area contributed by atoms with Gasteiger partial charge in [0.25, 0.3) is 5.69 Å². The van der Waals surface area contributed by atoms with E-state index in [1.165, 1.54) is 6.07 Å². The molecule has 1 fully saturated rings. The molecule has 0 bridgehead atoms. The van der Waals surface area contributed by atoms with Crippen LogP contribution in [0.15, 0.2) is 24.3 Å². The summed E-state index contributed by atoms with van der Waals surface area (Å²) in [4.78, 5) is 22.0. The van der Waals surface area contributed by atoms with Crippen LogP contribution in [-0.2, 0) is 9.53 Å². The molecule has 108 valence electrons. The standard InChI is InChI=1S/C13H17N3O4/c17-13(12-6-3-9-20-12)15-8-7-14-10-4-1-2-5-11(10)16(18)19/h1-2,4-5,12,14H,3,6-9H2,(H,15,17). The number of hydrogen-bond donors (Lipinski definition) is 2. The number of nitro benzene ring substituents is 1. The van der Waals surface area contributed by atoms with E-state index in [1.807, 2.05) is 0 Å². The van der Waals surface area contributed by atoms with Crippen LogP contribution in [0.3, 0.4) is 0 Å². The third kappa shape index (κ3) is 3.67. The number of hydrogen-bond acceptors (Lipinski definition) is 5. The van der Waals surface area contributed by atoms with Crippen LogP contribution in [0.25, 0.3) is 0 Å². The summed E-state index contributed by atoms with van der Waals surface area (Å²) in [6.07, 6.45) is 1.32. The third-order valence-corrected chi connectivity index (χ3v) is 3.06. The van der Waals surface area contributed by atoms with Gasteiger partial charge in [-0.2, -0.15) is 0 Å². The molecular weight excluding hydrogens is 262 g/mol. The van der Waals surface area contributed by atoms with Gasteiger partial charge in [-0.05, 0) is 18.9 Å². The van der Waals surface area contributed by atoms with Gasteiger partial charge in [-0.3, -0.25) is 14.9 Å². The summed E-state index contributed by atoms with van der Waals surface area (Å²) in [5.74, 6) is -0.119. The minimum absolute atomic E-state index is 0.0259. The molecule has 7 nitrogen and oxygen atoms in total. The highest BCUT2D eigenvalue weighted by molar-refractivity contribution is 5.81. The van der Waals surface area contributed by atoms with Crippen molar-refractivity contribution in [3.05, 3.63) is 34.4 Å². The quantitative estimate of drug-likeness (QED) is 0.465. The van der Waals surface area contributed by atoms with Crippen LogP contribution in [0.2, 0.25) is 0 Å². The van der Waals surface area contributed by atoms with Crippen molar-refractivity contribution in [1.29, 1.82) is 0 Å². The van der Waals surface area contributed by atoms with Crippen molar-refractivity contribution in [3.8, 4) is 0 Å². The van der Waals surface area contributed by atoms with Gasteiger partial charge in [0.15, 0.2) is 0 Å². The zero-order valence-electron chi connectivity index (χ0n) is 11.0. The highest BCUT2D eigenvalue weighted by atomic mass is 16.6. The van der Waals surface area contributed by atoms with Crippen molar-refractivity contribution in [2.45, 2.75) is 18.9 Å². The van der Waals surface area contributed by atoms with E-state index in [9.17, 15) is 14.9 Å². The first kappa shape index (κ1) is 14.3. The normalized spacial score (nSPS) is 17.7. The average Bonchev–Trinajstić information content (AvgIpc) is 2.98. The van der Waals surface area contributed by atoms with Crippen LogP contribution < -0.4 is 10.6 Å². The zero-order chi connectivity index (χ0) is 14.4. The molecule has 1 aromatic carbocycles. The predicted molar refractivity (Wildman–Crippen MR) is 73.6 cm³/mol. The number of carbonyl (C=O) groups excluding carboxylic acids is 1. The molecule has 1 heterocycles. The Bertz CT molecular complexity index is 486. The van der Waals surface area contributed by atoms with E-state index in [-0.39, 0.29) is 17.7 Å². The highest BCUT2D eigenvalue weighted by Gasteiger charge is 2.22. The molecule has 1 aliphatic heterocycles. The van der Waals surface area contributed by atoms with Crippen LogP contribution in [0.1, 0.15) is 12.8 Å². The van der Waals surface area contributed by atoms with E-state index < -0.39 is 4.92 Å². The summed E-state index contributed by atoms with van der Waals surface area (Å²) in [5.41, 5.74) is 0.474. The summed E-state index contributed by atoms with van der Waals surface area (Å²) in [7, 11) is 0. The molecule has 0 saturated carbocycles. The van der Waals surface area contributed by atoms with Gasteiger partial charge in [0.1, 0.15) is 11.8 Å². The summed E-state index contributed by atoms with van der Waals surface area (Å²) in [6, 6.07) is 6.41. The van der Waals surface area contributed by atoms with Crippen molar-refractivity contribution in [2.24, 2.45) is 0 Å². The molecule has 0 spiro atoms. The first-order valence-corrected chi connectivity index (χ1v) is 6.55. The average molecular weight is 279 g/mol. The van der Waals surface area contributed by atoms with E-state index in [2.05, 4.69) is 10.6 Å². The predicted octanol–water partition coefficient (Wildman–Crippen LogP) is 1.30. The number of carbonyl (C=O) groups is 1. The maximum Gasteiger partial charge on any atom is 0.292 e. The third-order valence-electron chi connectivity index (χ3n) is 3.06. The lowest BCUT2D eigenvalue weighted by Gasteiger charge is -2.11. The van der Waals surface area contributed by atoms with Gasteiger partial charge >= 0.3 is 0 Å². The Morgan fingerprint density at radius 3 is 2.90 bits per heavy atom. The fourth-order valence-electron chi connectivity index (χ4n) is 2.06. The molecule has 1 aliphatic rings. The van der Waals surface area contributed by atoms with Gasteiger partial charge in [-0.15, -0.1) is 0 Å². The van der Waals surface area contributed by atoms with Gasteiger partial charge in [0.05, 0.1) is 4.92 Å². The Labute approximate surface area is 116 Å². The second kappa shape index (κ2) is 6.85. The van der Waals surface area contributed by atoms with Gasteiger partial charge in [0.2, 0.25) is 5.91 Å². The first-order chi connectivity index (χ1) is 9.68. The molecule has 1 saturated heterocycles. The molecule has 1 unspecified atom stereocenters. The molecule has 0 radical (unpaired) electrons. The SMILES string of the molecule is O=C(NCCNc1ccccc1[N+](=O)[O-])C1CCCO1. The molecule has 20 heavy (non-hydrogen) atoms. The Balaban J connectivity index is 1.76. The van der Waals surface area contributed by atoms with E-state index in [0.717, 1.165) is 12.8 Å². The molecule has 0 aliphatic carbocycles. The van der Waals surface area contributed by atoms with E-state index in [0.29, 0.717) is 25.4 Å². The Morgan fingerprint density at radius 1 is 1.40 bits per heavy atom. The molecule has 2 N–H and O–H groups in total. The number of amides is 1. The summed E-state index contributed by atoms with van der Waals surface area (Å²) in [6.45, 7) is 1.45. The van der Waals surface area contributed by atoms with Crippen molar-refractivity contribution < 1.29 is 14.5 Å². The van der Waals surface area contributed by atoms with Crippen LogP contribution in [0, 0.1) is 10.1 Å². The largest absolute Gasteiger partial charge is 0.378 e. The fraction of sp³-hybridized carbons (Fsp3) is 0.462. The van der Waals surface area contributed by atoms with E-state index in [4.69, 9.17) is 4.74 Å². The molecule has 2 rings (SSSR count). The minimum Gasteiger partial charge on any atom is -0.378 e. The highest BCUT2D eigenvalue weighted by Crippen LogP contribution is 2.22. The number of rotatable bonds is 6. The number of anilines is 1. The van der Waals surface area contributed by atoms with Crippen molar-refractivity contribution in [2.75, 3.05) is 25.0 Å². The van der Waals surface area contributed by atoms with Gasteiger partial charge in [0, 0.05) is 25.8 Å². The van der Waals surface area contributed by atoms with Crippen LogP contribution in [0.5, 0.6) is 0 Å². The Hall–Kier alpha value is -2.15. The van der Waals surface area contributed by atoms with Crippen LogP contribution in [0.4, 0.5) is 11.4 Å². The molecule has 1 amide bonds. The zero-order valence-corrected chi connectivity index (χ0v) is 11.0. The summed E-state index contributed by atoms with van der Waals surface area (Å²) >= 11 is 0. The number of nitrogens with zero attached hydrogens (tertiary/aromatic N) is 1. The van der Waals surface area contributed by atoms with Gasteiger partial charge < -0.3 is 15.4 Å². The maximum absolute atomic E-state index is 11.7. The van der Waals surface area contributed by atoms with Crippen LogP contribution >= 0.6 is 0 Å². The maximum atomic E-state index is 11.7. The summed E-state index contributed by atoms with van der Waals surface area (Å²) in [5, 5.41) is 16.5. The van der Waals surface area contributed by atoms with Gasteiger partial charge in [-0.25, -0.2) is 0 Å². The lowest BCUT2D eigenvalue weighted by molar-refractivity contribution is -0.384. The fourth-order valence-corrected chi connectivity index (χ4v) is 2.06. The topological polar surface area (TPSA) is 93.5 Å². The molecule has 7 heteroatoms. The Kier molecular flexibility index (Phi) is 4.89. The molecule has 1 aromatic rings. The van der Waals surface area contributed by atoms with Crippen molar-refractivity contribution in [1.82, 2.24) is 5.32 Å². The molecular formula is C13H17N3O4. The molecule has 1 atom stereocenters. The molecule has 0 aromatic heterocycles. The van der Waals surface area contributed by atoms with E-state index in [1.54, 1.807) is 18.2 Å². The van der Waals surface area contributed by atoms with Gasteiger partial charge in [-0.1, -0.05) is 12.1 Å². The smallest absolute Gasteiger partial charge is 0.292 e. The Morgan fingerprint density at radius 2 is 2.20 bits per heavy atom. The van der Waals surface area contributed by atoms with Crippen LogP contribution in [-0.4, -0.2) is 36.6 Å². The van der Waals surface area contributed by atoms with Crippen molar-refractivity contribution in [3.63, 3.8) is 0 Å². The monoisotopic (exact) mass is 279 g/mol. The number of nitro groups is 1. The second-order valence-corrected chi connectivity index (χ2v) is 4.49. The summed E-state index contributed by atoms with van der Waals surface area (Å²) < 4.78 is 5.26. The number of para-hydroxylation sites is 2. The first-order valence-electron chi connectivity index (χ1n) is 6.55. The number of nitrogens with one attached hydrogen (secondary N) is 2.